The first kappa shape index (κ1) is 26.7. The summed E-state index contributed by atoms with van der Waals surface area (Å²) in [7, 11) is 0. The summed E-state index contributed by atoms with van der Waals surface area (Å²) in [5, 5.41) is 11.1. The number of thioether (sulfide) groups is 1. The van der Waals surface area contributed by atoms with Crippen LogP contribution < -0.4 is 10.1 Å². The minimum atomic E-state index is -0.516. The maximum absolute atomic E-state index is 11.6. The Morgan fingerprint density at radius 2 is 1.77 bits per heavy atom. The third-order valence-corrected chi connectivity index (χ3v) is 5.05. The molecular weight excluding hydrogens is 412 g/mol. The van der Waals surface area contributed by atoms with Gasteiger partial charge < -0.3 is 9.84 Å². The number of aliphatic hydroxyl groups is 1. The second-order valence-electron chi connectivity index (χ2n) is 6.80. The lowest BCUT2D eigenvalue weighted by Gasteiger charge is -2.09. The lowest BCUT2D eigenvalue weighted by Crippen LogP contribution is -2.25. The van der Waals surface area contributed by atoms with E-state index in [0.29, 0.717) is 19.4 Å². The average Bonchev–Trinajstić information content (AvgIpc) is 3.08. The number of aliphatic hydroxyl groups excluding tert-OH is 1. The number of hydrogen-bond acceptors (Lipinski definition) is 6. The van der Waals surface area contributed by atoms with Crippen molar-refractivity contribution in [3.8, 4) is 5.75 Å². The minimum absolute atomic E-state index is 0.227. The van der Waals surface area contributed by atoms with E-state index in [9.17, 15) is 14.7 Å². The zero-order valence-electron chi connectivity index (χ0n) is 19.1. The van der Waals surface area contributed by atoms with E-state index in [1.807, 2.05) is 50.2 Å². The summed E-state index contributed by atoms with van der Waals surface area (Å²) < 4.78 is 5.72. The van der Waals surface area contributed by atoms with Crippen LogP contribution in [0.25, 0.3) is 0 Å². The number of nitrogens with zero attached hydrogens (tertiary/aromatic N) is 1. The molecule has 7 heteroatoms. The average molecular weight is 447 g/mol. The fraction of sp³-hybridized carbons (Fsp3) is 0.458. The van der Waals surface area contributed by atoms with Gasteiger partial charge in [-0.05, 0) is 42.7 Å². The number of rotatable bonds is 7. The van der Waals surface area contributed by atoms with Crippen LogP contribution in [0.5, 0.6) is 5.75 Å². The lowest BCUT2D eigenvalue weighted by atomic mass is 10.1. The molecule has 2 amide bonds. The third kappa shape index (κ3) is 9.53. The van der Waals surface area contributed by atoms with E-state index < -0.39 is 6.10 Å². The molecule has 6 nitrogen and oxygen atoms in total. The molecule has 170 valence electrons. The molecule has 1 saturated heterocycles. The summed E-state index contributed by atoms with van der Waals surface area (Å²) in [4.78, 5) is 27.1. The van der Waals surface area contributed by atoms with Gasteiger partial charge in [-0.2, -0.15) is 0 Å². The Kier molecular flexibility index (Phi) is 12.5. The molecule has 3 rings (SSSR count). The van der Waals surface area contributed by atoms with Gasteiger partial charge in [0, 0.05) is 18.3 Å². The van der Waals surface area contributed by atoms with E-state index in [2.05, 4.69) is 24.1 Å². The van der Waals surface area contributed by atoms with Crippen molar-refractivity contribution in [1.82, 2.24) is 10.3 Å². The third-order valence-electron chi connectivity index (χ3n) is 4.07. The van der Waals surface area contributed by atoms with E-state index >= 15 is 0 Å². The van der Waals surface area contributed by atoms with Gasteiger partial charge in [0.25, 0.3) is 5.24 Å². The second-order valence-corrected chi connectivity index (χ2v) is 7.97. The molecule has 1 aliphatic rings. The Bertz CT molecular complexity index is 792. The van der Waals surface area contributed by atoms with Crippen LogP contribution in [0.2, 0.25) is 0 Å². The molecule has 1 fully saturated rings. The number of nitrogens with one attached hydrogen (secondary N) is 1. The number of benzene rings is 1. The summed E-state index contributed by atoms with van der Waals surface area (Å²) in [6.07, 6.45) is 3.60. The van der Waals surface area contributed by atoms with E-state index in [4.69, 9.17) is 4.74 Å². The number of carbonyl (C=O) groups excluding carboxylic acids is 2. The molecule has 1 aromatic carbocycles. The Morgan fingerprint density at radius 3 is 2.26 bits per heavy atom. The monoisotopic (exact) mass is 446 g/mol. The fourth-order valence-corrected chi connectivity index (χ4v) is 3.43. The summed E-state index contributed by atoms with van der Waals surface area (Å²) >= 11 is 1.03. The van der Waals surface area contributed by atoms with E-state index in [0.717, 1.165) is 34.3 Å². The first-order valence-corrected chi connectivity index (χ1v) is 11.7. The van der Waals surface area contributed by atoms with E-state index in [-0.39, 0.29) is 16.4 Å². The molecule has 1 aromatic heterocycles. The molecule has 0 radical (unpaired) electrons. The molecule has 0 spiro atoms. The maximum atomic E-state index is 11.6. The highest BCUT2D eigenvalue weighted by Crippen LogP contribution is 2.24. The summed E-state index contributed by atoms with van der Waals surface area (Å²) in [6.45, 7) is 10.5. The molecule has 0 aliphatic carbocycles. The molecule has 0 bridgehead atoms. The lowest BCUT2D eigenvalue weighted by molar-refractivity contribution is -0.118. The number of aromatic nitrogens is 1. The largest absolute Gasteiger partial charge is 0.493 e. The Morgan fingerprint density at radius 1 is 1.13 bits per heavy atom. The predicted molar refractivity (Wildman–Crippen MR) is 126 cm³/mol. The standard InChI is InChI=1S/C19H20N2O4S.C3H8.C2H6/c1-12(22)14-4-5-15(20-11-14)8-9-25-16-6-2-13(3-7-16)10-17-18(23)21-19(24)26-17;1-3-2;1-2/h2-7,11-12,17,22H,8-10H2,1H3,(H,21,23,24);3H2,1-2H3;1-2H3. The van der Waals surface area contributed by atoms with Gasteiger partial charge in [0.2, 0.25) is 5.91 Å². The molecule has 2 N–H and O–H groups in total. The smallest absolute Gasteiger partial charge is 0.286 e. The van der Waals surface area contributed by atoms with Crippen LogP contribution in [0.4, 0.5) is 4.79 Å². The predicted octanol–water partition coefficient (Wildman–Crippen LogP) is 5.09. The van der Waals surface area contributed by atoms with E-state index in [1.165, 1.54) is 6.42 Å². The van der Waals surface area contributed by atoms with Gasteiger partial charge in [-0.3, -0.25) is 19.9 Å². The molecular formula is C24H34N2O4S. The fourth-order valence-electron chi connectivity index (χ4n) is 2.57. The molecule has 2 atom stereocenters. The SMILES string of the molecule is CC.CC(O)c1ccc(CCOc2ccc(CC3SC(=O)NC3=O)cc2)nc1.CCC. The zero-order valence-corrected chi connectivity index (χ0v) is 19.9. The van der Waals surface area contributed by atoms with Crippen molar-refractivity contribution in [3.63, 3.8) is 0 Å². The van der Waals surface area contributed by atoms with Crippen LogP contribution in [-0.4, -0.2) is 33.1 Å². The Balaban J connectivity index is 0.000000884. The topological polar surface area (TPSA) is 88.5 Å². The first-order valence-electron chi connectivity index (χ1n) is 10.8. The van der Waals surface area contributed by atoms with Crippen LogP contribution in [0.1, 0.15) is 64.0 Å². The van der Waals surface area contributed by atoms with Gasteiger partial charge in [-0.1, -0.05) is 64.1 Å². The summed E-state index contributed by atoms with van der Waals surface area (Å²) in [5.41, 5.74) is 2.68. The first-order chi connectivity index (χ1) is 14.9. The highest BCUT2D eigenvalue weighted by atomic mass is 32.2. The van der Waals surface area contributed by atoms with Crippen LogP contribution in [0.3, 0.4) is 0 Å². The number of hydrogen-bond donors (Lipinski definition) is 2. The molecule has 2 aromatic rings. The highest BCUT2D eigenvalue weighted by Gasteiger charge is 2.31. The molecule has 2 unspecified atom stereocenters. The van der Waals surface area contributed by atoms with Crippen molar-refractivity contribution in [2.75, 3.05) is 6.61 Å². The van der Waals surface area contributed by atoms with Gasteiger partial charge in [-0.15, -0.1) is 0 Å². The van der Waals surface area contributed by atoms with Crippen LogP contribution in [0, 0.1) is 0 Å². The van der Waals surface area contributed by atoms with Crippen molar-refractivity contribution in [1.29, 1.82) is 0 Å². The van der Waals surface area contributed by atoms with Crippen LogP contribution >= 0.6 is 11.8 Å². The maximum Gasteiger partial charge on any atom is 0.286 e. The second kappa shape index (κ2) is 14.6. The van der Waals surface area contributed by atoms with Crippen molar-refractivity contribution >= 4 is 22.9 Å². The number of pyridine rings is 1. The number of carbonyl (C=O) groups is 2. The van der Waals surface area contributed by atoms with Gasteiger partial charge in [0.05, 0.1) is 18.0 Å². The molecule has 1 aliphatic heterocycles. The Hall–Kier alpha value is -2.38. The highest BCUT2D eigenvalue weighted by molar-refractivity contribution is 8.15. The van der Waals surface area contributed by atoms with Crippen LogP contribution in [0.15, 0.2) is 42.6 Å². The van der Waals surface area contributed by atoms with Crippen molar-refractivity contribution in [2.45, 2.75) is 65.2 Å². The summed E-state index contributed by atoms with van der Waals surface area (Å²) in [6, 6.07) is 11.3. The Labute approximate surface area is 189 Å². The van der Waals surface area contributed by atoms with Crippen molar-refractivity contribution < 1.29 is 19.4 Å². The van der Waals surface area contributed by atoms with Crippen molar-refractivity contribution in [3.05, 3.63) is 59.4 Å². The van der Waals surface area contributed by atoms with Crippen molar-refractivity contribution in [2.24, 2.45) is 0 Å². The normalized spacial score (nSPS) is 15.7. The minimum Gasteiger partial charge on any atom is -0.493 e. The van der Waals surface area contributed by atoms with E-state index in [1.54, 1.807) is 13.1 Å². The number of imide groups is 1. The van der Waals surface area contributed by atoms with Gasteiger partial charge in [-0.25, -0.2) is 0 Å². The molecule has 0 saturated carbocycles. The zero-order chi connectivity index (χ0) is 23.2. The molecule has 31 heavy (non-hydrogen) atoms. The van der Waals surface area contributed by atoms with Gasteiger partial charge in [0.1, 0.15) is 5.75 Å². The summed E-state index contributed by atoms with van der Waals surface area (Å²) in [5.74, 6) is 0.517. The van der Waals surface area contributed by atoms with Gasteiger partial charge in [0.15, 0.2) is 0 Å². The van der Waals surface area contributed by atoms with Gasteiger partial charge >= 0.3 is 0 Å². The number of ether oxygens (including phenoxy) is 1. The number of amides is 2. The quantitative estimate of drug-likeness (QED) is 0.616. The van der Waals surface area contributed by atoms with Crippen LogP contribution in [-0.2, 0) is 17.6 Å². The molecule has 2 heterocycles.